The van der Waals surface area contributed by atoms with Gasteiger partial charge >= 0.3 is 11.9 Å². The van der Waals surface area contributed by atoms with Crippen molar-refractivity contribution in [2.45, 2.75) is 99.0 Å². The molecule has 5 saturated heterocycles. The number of aliphatic hydroxyl groups excluding tert-OH is 1. The van der Waals surface area contributed by atoms with Crippen LogP contribution in [0.2, 0.25) is 0 Å². The van der Waals surface area contributed by atoms with Gasteiger partial charge in [0, 0.05) is 18.3 Å². The topological polar surface area (TPSA) is 129 Å². The van der Waals surface area contributed by atoms with Gasteiger partial charge in [-0.1, -0.05) is 19.9 Å². The first-order chi connectivity index (χ1) is 17.7. The third-order valence-electron chi connectivity index (χ3n) is 12.9. The molecule has 5 heterocycles. The molecular weight excluding hydrogens is 516 g/mol. The van der Waals surface area contributed by atoms with Crippen molar-refractivity contribution in [1.82, 2.24) is 0 Å². The molecule has 13 atom stereocenters. The maximum absolute atomic E-state index is 13.7. The van der Waals surface area contributed by atoms with Gasteiger partial charge in [-0.05, 0) is 56.4 Å². The molecule has 5 bridgehead atoms. The standard InChI is InChI=1S/C28H33ClO9/c1-22-11-19-24(3)28-16(22)10-27(38-28,35-12-15(22)20(32)36-19)14-9-18(31)25(29)7-4-5-17(30)23(25,2)13(14)6-8-26(28,34)21(33)37-24/h4-5,13-16,18-19,31,34H,6-12H2,1-3H3/t13-,14+,15-,16-,18+,19+,22+,23-,24-,25-,26-,27+,28-/m0/s1. The van der Waals surface area contributed by atoms with Crippen molar-refractivity contribution >= 4 is 29.3 Å². The molecule has 10 heteroatoms. The number of rotatable bonds is 0. The molecule has 0 aromatic rings. The summed E-state index contributed by atoms with van der Waals surface area (Å²) in [6.07, 6.45) is 3.03. The number of carbonyl (C=O) groups excluding carboxylic acids is 3. The maximum atomic E-state index is 13.7. The Morgan fingerprint density at radius 3 is 2.63 bits per heavy atom. The molecule has 0 amide bonds. The van der Waals surface area contributed by atoms with Crippen molar-refractivity contribution in [1.29, 1.82) is 0 Å². The number of alkyl halides is 1. The highest BCUT2D eigenvalue weighted by Crippen LogP contribution is 2.76. The maximum Gasteiger partial charge on any atom is 0.342 e. The van der Waals surface area contributed by atoms with Gasteiger partial charge in [0.2, 0.25) is 0 Å². The Labute approximate surface area is 225 Å². The summed E-state index contributed by atoms with van der Waals surface area (Å²) in [6, 6.07) is 0. The third kappa shape index (κ3) is 2.11. The van der Waals surface area contributed by atoms with Crippen molar-refractivity contribution in [3.8, 4) is 0 Å². The quantitative estimate of drug-likeness (QED) is 0.344. The Morgan fingerprint density at radius 1 is 1.11 bits per heavy atom. The second-order valence-corrected chi connectivity index (χ2v) is 14.5. The lowest BCUT2D eigenvalue weighted by atomic mass is 9.46. The summed E-state index contributed by atoms with van der Waals surface area (Å²) in [5, 5.41) is 24.0. The molecule has 2 spiro atoms. The van der Waals surface area contributed by atoms with Crippen LogP contribution in [0.25, 0.3) is 0 Å². The molecule has 2 N–H and O–H groups in total. The molecule has 8 rings (SSSR count). The van der Waals surface area contributed by atoms with Crippen molar-refractivity contribution in [3.63, 3.8) is 0 Å². The smallest absolute Gasteiger partial charge is 0.342 e. The molecule has 0 unspecified atom stereocenters. The number of ether oxygens (including phenoxy) is 4. The van der Waals surface area contributed by atoms with Crippen LogP contribution in [0.1, 0.15) is 59.3 Å². The van der Waals surface area contributed by atoms with E-state index >= 15 is 0 Å². The van der Waals surface area contributed by atoms with Gasteiger partial charge in [0.05, 0.1) is 28.9 Å². The molecule has 0 aromatic heterocycles. The van der Waals surface area contributed by atoms with Gasteiger partial charge in [-0.3, -0.25) is 9.59 Å². The molecule has 0 aromatic carbocycles. The van der Waals surface area contributed by atoms with E-state index in [-0.39, 0.29) is 31.7 Å². The summed E-state index contributed by atoms with van der Waals surface area (Å²) in [5.41, 5.74) is -6.84. The molecule has 7 fully saturated rings. The lowest BCUT2D eigenvalue weighted by Gasteiger charge is -2.65. The molecule has 38 heavy (non-hydrogen) atoms. The van der Waals surface area contributed by atoms with E-state index in [0.29, 0.717) is 19.3 Å². The minimum Gasteiger partial charge on any atom is -0.458 e. The van der Waals surface area contributed by atoms with Crippen LogP contribution < -0.4 is 0 Å². The van der Waals surface area contributed by atoms with Gasteiger partial charge < -0.3 is 29.2 Å². The fraction of sp³-hybridized carbons (Fsp3) is 0.821. The SMILES string of the molecule is C[C@@]12C[C@H]3OC(=O)[C@@H]1CO[C@]14C[C@@H]2[C@]2(O1)[C@@]3(C)OC(=O)[C@@]2(O)CC[C@H]1[C@H]4C[C@@H](O)[C@@]2(Cl)CC=CC(=O)[C@]12C. The number of allylic oxidation sites excluding steroid dienone is 2. The Balaban J connectivity index is 1.40. The zero-order valence-corrected chi connectivity index (χ0v) is 22.5. The number of ketones is 1. The van der Waals surface area contributed by atoms with Crippen molar-refractivity contribution in [3.05, 3.63) is 12.2 Å². The lowest BCUT2D eigenvalue weighted by Crippen LogP contribution is -2.79. The summed E-state index contributed by atoms with van der Waals surface area (Å²) in [6.45, 7) is 5.57. The van der Waals surface area contributed by atoms with Crippen molar-refractivity contribution in [2.75, 3.05) is 6.61 Å². The number of halogens is 1. The average Bonchev–Trinajstić information content (AvgIpc) is 3.25. The first-order valence-electron chi connectivity index (χ1n) is 13.8. The van der Waals surface area contributed by atoms with Crippen LogP contribution in [0.3, 0.4) is 0 Å². The van der Waals surface area contributed by atoms with E-state index in [1.807, 2.05) is 6.92 Å². The zero-order chi connectivity index (χ0) is 26.9. The van der Waals surface area contributed by atoms with Crippen LogP contribution in [-0.2, 0) is 33.3 Å². The number of hydrogen-bond acceptors (Lipinski definition) is 9. The summed E-state index contributed by atoms with van der Waals surface area (Å²) >= 11 is 7.17. The molecule has 8 aliphatic rings. The molecule has 5 aliphatic heterocycles. The second kappa shape index (κ2) is 6.51. The zero-order valence-electron chi connectivity index (χ0n) is 21.7. The first-order valence-corrected chi connectivity index (χ1v) is 14.2. The highest BCUT2D eigenvalue weighted by atomic mass is 35.5. The van der Waals surface area contributed by atoms with E-state index < -0.39 is 86.1 Å². The van der Waals surface area contributed by atoms with Crippen LogP contribution in [-0.4, -0.2) is 74.2 Å². The van der Waals surface area contributed by atoms with Gasteiger partial charge in [-0.15, -0.1) is 11.6 Å². The predicted octanol–water partition coefficient (Wildman–Crippen LogP) is 1.79. The van der Waals surface area contributed by atoms with Crippen molar-refractivity contribution < 1.29 is 43.5 Å². The highest BCUT2D eigenvalue weighted by Gasteiger charge is 2.91. The van der Waals surface area contributed by atoms with Crippen LogP contribution in [0, 0.1) is 34.5 Å². The Bertz CT molecular complexity index is 1250. The predicted molar refractivity (Wildman–Crippen MR) is 128 cm³/mol. The van der Waals surface area contributed by atoms with Gasteiger partial charge in [0.25, 0.3) is 0 Å². The van der Waals surface area contributed by atoms with Crippen LogP contribution in [0.5, 0.6) is 0 Å². The van der Waals surface area contributed by atoms with Gasteiger partial charge in [0.1, 0.15) is 6.10 Å². The lowest BCUT2D eigenvalue weighted by molar-refractivity contribution is -0.380. The summed E-state index contributed by atoms with van der Waals surface area (Å²) < 4.78 is 25.7. The molecule has 0 radical (unpaired) electrons. The van der Waals surface area contributed by atoms with E-state index in [1.54, 1.807) is 19.9 Å². The van der Waals surface area contributed by atoms with E-state index in [2.05, 4.69) is 0 Å². The second-order valence-electron chi connectivity index (χ2n) is 13.8. The normalized spacial score (nSPS) is 63.3. The number of hydrogen-bond donors (Lipinski definition) is 2. The van der Waals surface area contributed by atoms with E-state index in [1.165, 1.54) is 6.08 Å². The number of fused-ring (bicyclic) bond motifs is 5. The van der Waals surface area contributed by atoms with Crippen LogP contribution in [0.15, 0.2) is 12.2 Å². The van der Waals surface area contributed by atoms with E-state index in [4.69, 9.17) is 30.5 Å². The molecular formula is C28H33ClO9. The third-order valence-corrected chi connectivity index (χ3v) is 13.6. The minimum absolute atomic E-state index is 0.00771. The summed E-state index contributed by atoms with van der Waals surface area (Å²) in [4.78, 5) is 39.5. The van der Waals surface area contributed by atoms with Gasteiger partial charge in [0.15, 0.2) is 28.4 Å². The number of carbonyl (C=O) groups is 3. The highest BCUT2D eigenvalue weighted by molar-refractivity contribution is 6.28. The van der Waals surface area contributed by atoms with E-state index in [0.717, 1.165) is 0 Å². The average molecular weight is 549 g/mol. The summed E-state index contributed by atoms with van der Waals surface area (Å²) in [5.74, 6) is -4.74. The molecule has 2 saturated carbocycles. The van der Waals surface area contributed by atoms with Crippen LogP contribution in [0.4, 0.5) is 0 Å². The first kappa shape index (κ1) is 24.3. The molecule has 9 nitrogen and oxygen atoms in total. The monoisotopic (exact) mass is 548 g/mol. The Hall–Kier alpha value is -1.52. The molecule has 206 valence electrons. The Kier molecular flexibility index (Phi) is 4.16. The van der Waals surface area contributed by atoms with Crippen LogP contribution >= 0.6 is 11.6 Å². The minimum atomic E-state index is -2.04. The fourth-order valence-corrected chi connectivity index (χ4v) is 11.2. The van der Waals surface area contributed by atoms with Gasteiger partial charge in [-0.2, -0.15) is 0 Å². The van der Waals surface area contributed by atoms with Gasteiger partial charge in [-0.25, -0.2) is 4.79 Å². The van der Waals surface area contributed by atoms with Crippen molar-refractivity contribution in [2.24, 2.45) is 34.5 Å². The largest absolute Gasteiger partial charge is 0.458 e. The Morgan fingerprint density at radius 2 is 1.87 bits per heavy atom. The van der Waals surface area contributed by atoms with E-state index in [9.17, 15) is 24.6 Å². The summed E-state index contributed by atoms with van der Waals surface area (Å²) in [7, 11) is 0. The molecule has 3 aliphatic carbocycles. The number of aliphatic hydroxyl groups is 2. The number of esters is 2. The fourth-order valence-electron chi connectivity index (χ4n) is 10.7.